The number of benzene rings is 1. The van der Waals surface area contributed by atoms with Gasteiger partial charge in [-0.05, 0) is 25.5 Å². The number of rotatable bonds is 8. The molecule has 1 aromatic carbocycles. The topological polar surface area (TPSA) is 62.5 Å². The summed E-state index contributed by atoms with van der Waals surface area (Å²) in [6, 6.07) is 9.89. The molecule has 0 radical (unpaired) electrons. The van der Waals surface area contributed by atoms with Crippen LogP contribution in [0.25, 0.3) is 11.5 Å². The monoisotopic (exact) mass is 442 g/mol. The van der Waals surface area contributed by atoms with Gasteiger partial charge in [0.25, 0.3) is 0 Å². The Hall–Kier alpha value is -1.57. The van der Waals surface area contributed by atoms with Gasteiger partial charge >= 0.3 is 0 Å². The van der Waals surface area contributed by atoms with E-state index in [4.69, 9.17) is 4.42 Å². The van der Waals surface area contributed by atoms with E-state index in [0.29, 0.717) is 12.4 Å². The van der Waals surface area contributed by atoms with Crippen LogP contribution < -0.4 is 10.6 Å². The molecule has 2 aromatic rings. The lowest BCUT2D eigenvalue weighted by Gasteiger charge is -2.10. The fourth-order valence-electron chi connectivity index (χ4n) is 2.18. The fourth-order valence-corrected chi connectivity index (χ4v) is 2.18. The van der Waals surface area contributed by atoms with Crippen LogP contribution in [0.4, 0.5) is 0 Å². The maximum Gasteiger partial charge on any atom is 0.226 e. The summed E-state index contributed by atoms with van der Waals surface area (Å²) in [6.45, 7) is 6.54. The van der Waals surface area contributed by atoms with Gasteiger partial charge in [-0.25, -0.2) is 9.98 Å². The molecule has 1 aromatic heterocycles. The van der Waals surface area contributed by atoms with E-state index >= 15 is 0 Å². The zero-order valence-electron chi connectivity index (χ0n) is 14.4. The highest BCUT2D eigenvalue weighted by molar-refractivity contribution is 14.0. The SMILES string of the molecule is CCCCCNC(=NCc1coc(-c2ccccc2)n1)NCC.I. The largest absolute Gasteiger partial charge is 0.444 e. The Kier molecular flexibility index (Phi) is 10.1. The molecule has 0 unspecified atom stereocenters. The third-order valence-corrected chi connectivity index (χ3v) is 3.39. The summed E-state index contributed by atoms with van der Waals surface area (Å²) in [5.74, 6) is 1.46. The molecule has 0 saturated heterocycles. The van der Waals surface area contributed by atoms with Crippen LogP contribution in [-0.2, 0) is 6.54 Å². The molecule has 0 aliphatic heterocycles. The minimum absolute atomic E-state index is 0. The lowest BCUT2D eigenvalue weighted by Crippen LogP contribution is -2.37. The van der Waals surface area contributed by atoms with Gasteiger partial charge in [0.15, 0.2) is 5.96 Å². The van der Waals surface area contributed by atoms with Crippen LogP contribution in [0.15, 0.2) is 46.0 Å². The molecule has 5 nitrogen and oxygen atoms in total. The number of guanidine groups is 1. The maximum atomic E-state index is 5.53. The highest BCUT2D eigenvalue weighted by atomic mass is 127. The van der Waals surface area contributed by atoms with Gasteiger partial charge in [0.05, 0.1) is 6.54 Å². The summed E-state index contributed by atoms with van der Waals surface area (Å²) in [5.41, 5.74) is 1.81. The Morgan fingerprint density at radius 3 is 2.62 bits per heavy atom. The Morgan fingerprint density at radius 2 is 1.92 bits per heavy atom. The first-order valence-electron chi connectivity index (χ1n) is 8.35. The first-order valence-corrected chi connectivity index (χ1v) is 8.35. The Labute approximate surface area is 161 Å². The predicted octanol–water partition coefficient (Wildman–Crippen LogP) is 4.20. The second kappa shape index (κ2) is 11.9. The van der Waals surface area contributed by atoms with E-state index in [2.05, 4.69) is 34.5 Å². The van der Waals surface area contributed by atoms with Crippen LogP contribution in [0.2, 0.25) is 0 Å². The molecule has 0 fully saturated rings. The van der Waals surface area contributed by atoms with Gasteiger partial charge in [-0.15, -0.1) is 24.0 Å². The molecule has 0 bridgehead atoms. The normalized spacial score (nSPS) is 11.0. The Balaban J connectivity index is 0.00000288. The lowest BCUT2D eigenvalue weighted by molar-refractivity contribution is 0.572. The minimum Gasteiger partial charge on any atom is -0.444 e. The average Bonchev–Trinajstić information content (AvgIpc) is 3.06. The highest BCUT2D eigenvalue weighted by Crippen LogP contribution is 2.18. The highest BCUT2D eigenvalue weighted by Gasteiger charge is 2.06. The van der Waals surface area contributed by atoms with E-state index < -0.39 is 0 Å². The van der Waals surface area contributed by atoms with Crippen molar-refractivity contribution >= 4 is 29.9 Å². The number of aromatic nitrogens is 1. The number of unbranched alkanes of at least 4 members (excludes halogenated alkanes) is 2. The van der Waals surface area contributed by atoms with Crippen molar-refractivity contribution in [2.45, 2.75) is 39.7 Å². The summed E-state index contributed by atoms with van der Waals surface area (Å²) >= 11 is 0. The third kappa shape index (κ3) is 6.90. The number of hydrogen-bond donors (Lipinski definition) is 2. The summed E-state index contributed by atoms with van der Waals surface area (Å²) in [6.07, 6.45) is 5.28. The summed E-state index contributed by atoms with van der Waals surface area (Å²) in [5, 5.41) is 6.59. The number of hydrogen-bond acceptors (Lipinski definition) is 3. The molecule has 2 N–H and O–H groups in total. The molecular formula is C18H27IN4O. The van der Waals surface area contributed by atoms with Gasteiger partial charge in [0.1, 0.15) is 12.0 Å². The van der Waals surface area contributed by atoms with Crippen molar-refractivity contribution in [2.75, 3.05) is 13.1 Å². The molecule has 0 saturated carbocycles. The van der Waals surface area contributed by atoms with Crippen molar-refractivity contribution in [3.05, 3.63) is 42.3 Å². The third-order valence-electron chi connectivity index (χ3n) is 3.39. The summed E-state index contributed by atoms with van der Waals surface area (Å²) in [4.78, 5) is 9.05. The van der Waals surface area contributed by atoms with Gasteiger partial charge < -0.3 is 15.1 Å². The van der Waals surface area contributed by atoms with E-state index in [1.54, 1.807) is 6.26 Å². The van der Waals surface area contributed by atoms with Crippen LogP contribution in [0.5, 0.6) is 0 Å². The van der Waals surface area contributed by atoms with Gasteiger partial charge in [-0.2, -0.15) is 0 Å². The summed E-state index contributed by atoms with van der Waals surface area (Å²) in [7, 11) is 0. The predicted molar refractivity (Wildman–Crippen MR) is 110 cm³/mol. The molecule has 0 aliphatic rings. The number of oxazole rings is 1. The van der Waals surface area contributed by atoms with Crippen molar-refractivity contribution in [1.29, 1.82) is 0 Å². The molecule has 0 aliphatic carbocycles. The number of nitrogens with one attached hydrogen (secondary N) is 2. The molecular weight excluding hydrogens is 415 g/mol. The van der Waals surface area contributed by atoms with Crippen molar-refractivity contribution in [3.63, 3.8) is 0 Å². The molecule has 0 spiro atoms. The average molecular weight is 442 g/mol. The minimum atomic E-state index is 0. The number of nitrogens with zero attached hydrogens (tertiary/aromatic N) is 2. The van der Waals surface area contributed by atoms with Crippen LogP contribution in [0.3, 0.4) is 0 Å². The van der Waals surface area contributed by atoms with Crippen LogP contribution in [0, 0.1) is 0 Å². The van der Waals surface area contributed by atoms with Crippen molar-refractivity contribution in [2.24, 2.45) is 4.99 Å². The fraction of sp³-hybridized carbons (Fsp3) is 0.444. The zero-order valence-corrected chi connectivity index (χ0v) is 16.7. The number of halogens is 1. The second-order valence-corrected chi connectivity index (χ2v) is 5.34. The second-order valence-electron chi connectivity index (χ2n) is 5.34. The molecule has 132 valence electrons. The van der Waals surface area contributed by atoms with E-state index in [1.807, 2.05) is 30.3 Å². The van der Waals surface area contributed by atoms with Gasteiger partial charge in [-0.3, -0.25) is 0 Å². The quantitative estimate of drug-likeness (QED) is 0.278. The van der Waals surface area contributed by atoms with E-state index in [-0.39, 0.29) is 24.0 Å². The summed E-state index contributed by atoms with van der Waals surface area (Å²) < 4.78 is 5.53. The van der Waals surface area contributed by atoms with Crippen molar-refractivity contribution in [3.8, 4) is 11.5 Å². The molecule has 0 amide bonds. The van der Waals surface area contributed by atoms with Gasteiger partial charge in [-0.1, -0.05) is 38.0 Å². The van der Waals surface area contributed by atoms with E-state index in [9.17, 15) is 0 Å². The standard InChI is InChI=1S/C18H26N4O.HI/c1-3-5-9-12-20-18(19-4-2)21-13-16-14-23-17(22-16)15-10-7-6-8-11-15;/h6-8,10-11,14H,3-5,9,12-13H2,1-2H3,(H2,19,20,21);1H. The van der Waals surface area contributed by atoms with Crippen LogP contribution in [0.1, 0.15) is 38.8 Å². The van der Waals surface area contributed by atoms with E-state index in [0.717, 1.165) is 36.7 Å². The first-order chi connectivity index (χ1) is 11.3. The molecule has 24 heavy (non-hydrogen) atoms. The van der Waals surface area contributed by atoms with Crippen LogP contribution >= 0.6 is 24.0 Å². The lowest BCUT2D eigenvalue weighted by atomic mass is 10.2. The zero-order chi connectivity index (χ0) is 16.3. The first kappa shape index (κ1) is 20.5. The van der Waals surface area contributed by atoms with Gasteiger partial charge in [0.2, 0.25) is 5.89 Å². The molecule has 0 atom stereocenters. The molecule has 1 heterocycles. The maximum absolute atomic E-state index is 5.53. The van der Waals surface area contributed by atoms with Gasteiger partial charge in [0, 0.05) is 18.7 Å². The Morgan fingerprint density at radius 1 is 1.12 bits per heavy atom. The van der Waals surface area contributed by atoms with Crippen molar-refractivity contribution < 1.29 is 4.42 Å². The molecule has 6 heteroatoms. The Bertz CT molecular complexity index is 598. The van der Waals surface area contributed by atoms with E-state index in [1.165, 1.54) is 12.8 Å². The number of aliphatic imine (C=N–C) groups is 1. The molecule has 2 rings (SSSR count). The van der Waals surface area contributed by atoms with Crippen LogP contribution in [-0.4, -0.2) is 24.0 Å². The van der Waals surface area contributed by atoms with Crippen molar-refractivity contribution in [1.82, 2.24) is 15.6 Å². The smallest absolute Gasteiger partial charge is 0.226 e.